The fourth-order valence-corrected chi connectivity index (χ4v) is 2.98. The largest absolute Gasteiger partial charge is 0.445 e. The SMILES string of the molecule is CCN(C[C@H]1CCCN1C(=O)OCc1ccccc1)C(=O)CCl. The summed E-state index contributed by atoms with van der Waals surface area (Å²) in [5, 5.41) is 0. The zero-order valence-corrected chi connectivity index (χ0v) is 14.2. The molecule has 23 heavy (non-hydrogen) atoms. The van der Waals surface area contributed by atoms with Crippen molar-refractivity contribution in [3.05, 3.63) is 35.9 Å². The first-order valence-electron chi connectivity index (χ1n) is 7.96. The summed E-state index contributed by atoms with van der Waals surface area (Å²) >= 11 is 5.63. The molecule has 0 saturated carbocycles. The summed E-state index contributed by atoms with van der Waals surface area (Å²) in [5.74, 6) is -0.127. The lowest BCUT2D eigenvalue weighted by Crippen LogP contribution is -2.45. The number of hydrogen-bond acceptors (Lipinski definition) is 3. The van der Waals surface area contributed by atoms with E-state index >= 15 is 0 Å². The Hall–Kier alpha value is -1.75. The van der Waals surface area contributed by atoms with Crippen molar-refractivity contribution >= 4 is 23.6 Å². The Morgan fingerprint density at radius 3 is 2.74 bits per heavy atom. The average Bonchev–Trinajstić information content (AvgIpc) is 3.06. The first kappa shape index (κ1) is 17.6. The topological polar surface area (TPSA) is 49.9 Å². The number of rotatable bonds is 6. The third kappa shape index (κ3) is 4.86. The van der Waals surface area contributed by atoms with E-state index in [0.717, 1.165) is 18.4 Å². The van der Waals surface area contributed by atoms with Gasteiger partial charge in [-0.3, -0.25) is 4.79 Å². The van der Waals surface area contributed by atoms with Crippen molar-refractivity contribution in [3.63, 3.8) is 0 Å². The maximum Gasteiger partial charge on any atom is 0.410 e. The highest BCUT2D eigenvalue weighted by molar-refractivity contribution is 6.27. The minimum Gasteiger partial charge on any atom is -0.445 e. The Labute approximate surface area is 142 Å². The highest BCUT2D eigenvalue weighted by Gasteiger charge is 2.31. The van der Waals surface area contributed by atoms with Crippen LogP contribution in [-0.2, 0) is 16.1 Å². The van der Waals surface area contributed by atoms with Gasteiger partial charge in [0, 0.05) is 19.6 Å². The van der Waals surface area contributed by atoms with E-state index in [2.05, 4.69) is 0 Å². The van der Waals surface area contributed by atoms with Gasteiger partial charge in [0.15, 0.2) is 0 Å². The van der Waals surface area contributed by atoms with E-state index in [-0.39, 0.29) is 30.5 Å². The zero-order chi connectivity index (χ0) is 16.7. The summed E-state index contributed by atoms with van der Waals surface area (Å²) in [6.45, 7) is 3.96. The number of amides is 2. The lowest BCUT2D eigenvalue weighted by Gasteiger charge is -2.29. The average molecular weight is 339 g/mol. The molecule has 5 nitrogen and oxygen atoms in total. The van der Waals surface area contributed by atoms with Crippen molar-refractivity contribution in [2.45, 2.75) is 32.4 Å². The Balaban J connectivity index is 1.89. The Kier molecular flexibility index (Phi) is 6.71. The summed E-state index contributed by atoms with van der Waals surface area (Å²) in [4.78, 5) is 27.5. The van der Waals surface area contributed by atoms with E-state index in [0.29, 0.717) is 19.6 Å². The number of benzene rings is 1. The number of halogens is 1. The van der Waals surface area contributed by atoms with Crippen molar-refractivity contribution in [2.24, 2.45) is 0 Å². The molecule has 126 valence electrons. The van der Waals surface area contributed by atoms with Gasteiger partial charge in [0.1, 0.15) is 12.5 Å². The van der Waals surface area contributed by atoms with E-state index in [1.54, 1.807) is 9.80 Å². The van der Waals surface area contributed by atoms with Crippen LogP contribution in [-0.4, -0.2) is 53.4 Å². The molecular formula is C17H23ClN2O3. The number of carbonyl (C=O) groups is 2. The highest BCUT2D eigenvalue weighted by Crippen LogP contribution is 2.20. The van der Waals surface area contributed by atoms with Crippen LogP contribution in [0.15, 0.2) is 30.3 Å². The third-order valence-corrected chi connectivity index (χ3v) is 4.33. The molecule has 1 aromatic carbocycles. The minimum atomic E-state index is -0.314. The predicted molar refractivity (Wildman–Crippen MR) is 89.3 cm³/mol. The predicted octanol–water partition coefficient (Wildman–Crippen LogP) is 2.87. The monoisotopic (exact) mass is 338 g/mol. The normalized spacial score (nSPS) is 17.1. The molecule has 1 fully saturated rings. The summed E-state index contributed by atoms with van der Waals surface area (Å²) in [6, 6.07) is 9.61. The number of likely N-dealkylation sites (tertiary alicyclic amines) is 1. The first-order valence-corrected chi connectivity index (χ1v) is 8.50. The Morgan fingerprint density at radius 1 is 1.35 bits per heavy atom. The number of likely N-dealkylation sites (N-methyl/N-ethyl adjacent to an activating group) is 1. The maximum absolute atomic E-state index is 12.3. The van der Waals surface area contributed by atoms with Crippen LogP contribution in [0.25, 0.3) is 0 Å². The van der Waals surface area contributed by atoms with Gasteiger partial charge in [0.25, 0.3) is 0 Å². The number of carbonyl (C=O) groups excluding carboxylic acids is 2. The molecule has 1 aliphatic heterocycles. The van der Waals surface area contributed by atoms with E-state index < -0.39 is 0 Å². The summed E-state index contributed by atoms with van der Waals surface area (Å²) in [7, 11) is 0. The molecule has 1 aliphatic rings. The second kappa shape index (κ2) is 8.77. The van der Waals surface area contributed by atoms with Gasteiger partial charge in [-0.15, -0.1) is 11.6 Å². The highest BCUT2D eigenvalue weighted by atomic mass is 35.5. The van der Waals surface area contributed by atoms with Crippen LogP contribution in [0.5, 0.6) is 0 Å². The second-order valence-corrected chi connectivity index (χ2v) is 5.86. The van der Waals surface area contributed by atoms with Crippen LogP contribution in [0, 0.1) is 0 Å². The second-order valence-electron chi connectivity index (χ2n) is 5.60. The molecule has 1 saturated heterocycles. The lowest BCUT2D eigenvalue weighted by molar-refractivity contribution is -0.129. The Bertz CT molecular complexity index is 524. The zero-order valence-electron chi connectivity index (χ0n) is 13.4. The van der Waals surface area contributed by atoms with Gasteiger partial charge in [-0.25, -0.2) is 4.79 Å². The molecule has 0 spiro atoms. The quantitative estimate of drug-likeness (QED) is 0.749. The van der Waals surface area contributed by atoms with Crippen LogP contribution in [0.3, 0.4) is 0 Å². The van der Waals surface area contributed by atoms with E-state index in [1.807, 2.05) is 37.3 Å². The van der Waals surface area contributed by atoms with Gasteiger partial charge < -0.3 is 14.5 Å². The molecule has 0 radical (unpaired) electrons. The van der Waals surface area contributed by atoms with Crippen molar-refractivity contribution in [3.8, 4) is 0 Å². The van der Waals surface area contributed by atoms with E-state index in [4.69, 9.17) is 16.3 Å². The van der Waals surface area contributed by atoms with Gasteiger partial charge in [-0.2, -0.15) is 0 Å². The molecule has 2 rings (SSSR count). The van der Waals surface area contributed by atoms with Crippen LogP contribution in [0.1, 0.15) is 25.3 Å². The molecule has 6 heteroatoms. The summed E-state index contributed by atoms with van der Waals surface area (Å²) in [6.07, 6.45) is 1.50. The molecule has 1 heterocycles. The molecule has 2 amide bonds. The fraction of sp³-hybridized carbons (Fsp3) is 0.529. The Morgan fingerprint density at radius 2 is 2.09 bits per heavy atom. The van der Waals surface area contributed by atoms with Gasteiger partial charge in [0.2, 0.25) is 5.91 Å². The number of hydrogen-bond donors (Lipinski definition) is 0. The summed E-state index contributed by atoms with van der Waals surface area (Å²) < 4.78 is 5.40. The van der Waals surface area contributed by atoms with Crippen LogP contribution >= 0.6 is 11.6 Å². The fourth-order valence-electron chi connectivity index (χ4n) is 2.81. The van der Waals surface area contributed by atoms with E-state index in [1.165, 1.54) is 0 Å². The molecule has 0 bridgehead atoms. The number of nitrogens with zero attached hydrogens (tertiary/aromatic N) is 2. The molecule has 1 aromatic rings. The van der Waals surface area contributed by atoms with Crippen molar-refractivity contribution < 1.29 is 14.3 Å². The van der Waals surface area contributed by atoms with E-state index in [9.17, 15) is 9.59 Å². The standard InChI is InChI=1S/C17H23ClN2O3/c1-2-19(16(21)11-18)12-15-9-6-10-20(15)17(22)23-13-14-7-4-3-5-8-14/h3-5,7-8,15H,2,6,9-13H2,1H3/t15-/m1/s1. The van der Waals surface area contributed by atoms with Gasteiger partial charge in [0.05, 0.1) is 6.04 Å². The minimum absolute atomic E-state index is 0.00499. The third-order valence-electron chi connectivity index (χ3n) is 4.10. The van der Waals surface area contributed by atoms with Crippen molar-refractivity contribution in [1.82, 2.24) is 9.80 Å². The van der Waals surface area contributed by atoms with Crippen molar-refractivity contribution in [1.29, 1.82) is 0 Å². The van der Waals surface area contributed by atoms with Gasteiger partial charge >= 0.3 is 6.09 Å². The number of ether oxygens (including phenoxy) is 1. The van der Waals surface area contributed by atoms with Gasteiger partial charge in [-0.05, 0) is 25.3 Å². The van der Waals surface area contributed by atoms with Crippen LogP contribution < -0.4 is 0 Å². The van der Waals surface area contributed by atoms with Crippen LogP contribution in [0.4, 0.5) is 4.79 Å². The summed E-state index contributed by atoms with van der Waals surface area (Å²) in [5.41, 5.74) is 0.962. The first-order chi connectivity index (χ1) is 11.2. The molecule has 0 aliphatic carbocycles. The molecule has 0 unspecified atom stereocenters. The molecule has 0 aromatic heterocycles. The van der Waals surface area contributed by atoms with Crippen LogP contribution in [0.2, 0.25) is 0 Å². The van der Waals surface area contributed by atoms with Gasteiger partial charge in [-0.1, -0.05) is 30.3 Å². The number of alkyl halides is 1. The molecular weight excluding hydrogens is 316 g/mol. The maximum atomic E-state index is 12.3. The smallest absolute Gasteiger partial charge is 0.410 e. The molecule has 1 atom stereocenters. The lowest BCUT2D eigenvalue weighted by atomic mass is 10.2. The molecule has 0 N–H and O–H groups in total. The van der Waals surface area contributed by atoms with Crippen molar-refractivity contribution in [2.75, 3.05) is 25.5 Å².